The van der Waals surface area contributed by atoms with Gasteiger partial charge in [-0.15, -0.1) is 0 Å². The van der Waals surface area contributed by atoms with Crippen molar-refractivity contribution in [3.05, 3.63) is 35.4 Å². The summed E-state index contributed by atoms with van der Waals surface area (Å²) in [4.78, 5) is 4.66. The first kappa shape index (κ1) is 16.9. The second-order valence-corrected chi connectivity index (χ2v) is 7.80. The molecule has 0 amide bonds. The number of guanidine groups is 1. The van der Waals surface area contributed by atoms with E-state index in [0.717, 1.165) is 18.8 Å². The monoisotopic (exact) mass is 301 g/mol. The Morgan fingerprint density at radius 2 is 1.86 bits per heavy atom. The average molecular weight is 301 g/mol. The van der Waals surface area contributed by atoms with Gasteiger partial charge in [0.25, 0.3) is 0 Å². The van der Waals surface area contributed by atoms with Gasteiger partial charge in [-0.25, -0.2) is 0 Å². The van der Waals surface area contributed by atoms with Crippen molar-refractivity contribution in [1.82, 2.24) is 10.6 Å². The summed E-state index contributed by atoms with van der Waals surface area (Å²) in [6.07, 6.45) is 2.11. The first-order chi connectivity index (χ1) is 10.2. The van der Waals surface area contributed by atoms with Crippen LogP contribution >= 0.6 is 0 Å². The minimum Gasteiger partial charge on any atom is -0.354 e. The van der Waals surface area contributed by atoms with Crippen molar-refractivity contribution in [3.8, 4) is 0 Å². The van der Waals surface area contributed by atoms with E-state index in [-0.39, 0.29) is 5.41 Å². The largest absolute Gasteiger partial charge is 0.354 e. The highest BCUT2D eigenvalue weighted by Gasteiger charge is 2.18. The molecule has 3 unspecified atom stereocenters. The maximum absolute atomic E-state index is 4.66. The molecule has 22 heavy (non-hydrogen) atoms. The summed E-state index contributed by atoms with van der Waals surface area (Å²) in [5.41, 5.74) is 2.97. The van der Waals surface area contributed by atoms with Gasteiger partial charge in [0.05, 0.1) is 6.04 Å². The molecule has 1 heterocycles. The molecule has 0 fully saturated rings. The maximum atomic E-state index is 4.66. The molecule has 0 saturated carbocycles. The quantitative estimate of drug-likeness (QED) is 0.894. The first-order valence-corrected chi connectivity index (χ1v) is 8.44. The summed E-state index contributed by atoms with van der Waals surface area (Å²) in [6.45, 7) is 13.4. The number of nitrogens with zero attached hydrogens (tertiary/aromatic N) is 1. The van der Waals surface area contributed by atoms with Crippen LogP contribution in [-0.4, -0.2) is 24.1 Å². The molecule has 3 heteroatoms. The Morgan fingerprint density at radius 1 is 1.23 bits per heavy atom. The molecular weight excluding hydrogens is 270 g/mol. The number of benzene rings is 1. The van der Waals surface area contributed by atoms with Gasteiger partial charge in [0, 0.05) is 12.1 Å². The lowest BCUT2D eigenvalue weighted by molar-refractivity contribution is 0.491. The Kier molecular flexibility index (Phi) is 5.15. The number of nitrogens with one attached hydrogen (secondary N) is 2. The van der Waals surface area contributed by atoms with Crippen LogP contribution in [0.25, 0.3) is 0 Å². The first-order valence-electron chi connectivity index (χ1n) is 8.44. The van der Waals surface area contributed by atoms with E-state index in [2.05, 4.69) is 81.4 Å². The van der Waals surface area contributed by atoms with E-state index < -0.39 is 0 Å². The van der Waals surface area contributed by atoms with Gasteiger partial charge in [-0.3, -0.25) is 4.99 Å². The SMILES string of the molecule is CC1CC(C)NC(NC(C)Cc2ccc(C(C)(C)C)cc2)=N1. The van der Waals surface area contributed by atoms with Crippen LogP contribution in [0, 0.1) is 0 Å². The lowest BCUT2D eigenvalue weighted by Gasteiger charge is -2.28. The van der Waals surface area contributed by atoms with E-state index >= 15 is 0 Å². The minimum atomic E-state index is 0.218. The maximum Gasteiger partial charge on any atom is 0.191 e. The summed E-state index contributed by atoms with van der Waals surface area (Å²) in [6, 6.07) is 10.3. The Labute approximate surface area is 135 Å². The molecule has 2 N–H and O–H groups in total. The molecule has 0 spiro atoms. The highest BCUT2D eigenvalue weighted by atomic mass is 15.2. The Bertz CT molecular complexity index is 510. The van der Waals surface area contributed by atoms with Crippen molar-refractivity contribution in [2.75, 3.05) is 0 Å². The van der Waals surface area contributed by atoms with E-state index in [1.54, 1.807) is 0 Å². The van der Waals surface area contributed by atoms with Crippen LogP contribution in [0.2, 0.25) is 0 Å². The number of hydrogen-bond donors (Lipinski definition) is 2. The molecule has 1 aromatic rings. The molecule has 3 nitrogen and oxygen atoms in total. The van der Waals surface area contributed by atoms with Crippen LogP contribution in [0.15, 0.2) is 29.3 Å². The molecule has 1 aromatic carbocycles. The van der Waals surface area contributed by atoms with E-state index in [0.29, 0.717) is 18.1 Å². The third-order valence-corrected chi connectivity index (χ3v) is 4.17. The second-order valence-electron chi connectivity index (χ2n) is 7.80. The highest BCUT2D eigenvalue weighted by molar-refractivity contribution is 5.81. The van der Waals surface area contributed by atoms with E-state index in [9.17, 15) is 0 Å². The fraction of sp³-hybridized carbons (Fsp3) is 0.632. The Balaban J connectivity index is 1.93. The van der Waals surface area contributed by atoms with Crippen LogP contribution in [0.1, 0.15) is 59.1 Å². The zero-order valence-corrected chi connectivity index (χ0v) is 14.9. The molecule has 0 aliphatic carbocycles. The van der Waals surface area contributed by atoms with Gasteiger partial charge in [-0.1, -0.05) is 45.0 Å². The van der Waals surface area contributed by atoms with Gasteiger partial charge in [-0.2, -0.15) is 0 Å². The summed E-state index contributed by atoms with van der Waals surface area (Å²) in [5.74, 6) is 0.949. The number of rotatable bonds is 3. The number of aliphatic imine (C=N–C) groups is 1. The fourth-order valence-electron chi connectivity index (χ4n) is 2.97. The summed E-state index contributed by atoms with van der Waals surface area (Å²) >= 11 is 0. The molecule has 122 valence electrons. The highest BCUT2D eigenvalue weighted by Crippen LogP contribution is 2.22. The van der Waals surface area contributed by atoms with Crippen LogP contribution in [-0.2, 0) is 11.8 Å². The van der Waals surface area contributed by atoms with E-state index in [1.807, 2.05) is 0 Å². The van der Waals surface area contributed by atoms with Gasteiger partial charge in [0.2, 0.25) is 0 Å². The van der Waals surface area contributed by atoms with Gasteiger partial charge < -0.3 is 10.6 Å². The van der Waals surface area contributed by atoms with Gasteiger partial charge in [-0.05, 0) is 50.2 Å². The topological polar surface area (TPSA) is 36.4 Å². The Morgan fingerprint density at radius 3 is 2.41 bits per heavy atom. The normalized spacial score (nSPS) is 23.5. The Hall–Kier alpha value is -1.51. The average Bonchev–Trinajstić information content (AvgIpc) is 2.36. The zero-order valence-electron chi connectivity index (χ0n) is 14.9. The predicted octanol–water partition coefficient (Wildman–Crippen LogP) is 3.63. The fourth-order valence-corrected chi connectivity index (χ4v) is 2.97. The van der Waals surface area contributed by atoms with Gasteiger partial charge in [0.1, 0.15) is 0 Å². The minimum absolute atomic E-state index is 0.218. The van der Waals surface area contributed by atoms with E-state index in [4.69, 9.17) is 0 Å². The zero-order chi connectivity index (χ0) is 16.3. The van der Waals surface area contributed by atoms with Crippen LogP contribution in [0.5, 0.6) is 0 Å². The lowest BCUT2D eigenvalue weighted by Crippen LogP contribution is -2.50. The molecule has 0 aromatic heterocycles. The number of hydrogen-bond acceptors (Lipinski definition) is 3. The summed E-state index contributed by atoms with van der Waals surface area (Å²) in [7, 11) is 0. The summed E-state index contributed by atoms with van der Waals surface area (Å²) < 4.78 is 0. The van der Waals surface area contributed by atoms with Crippen molar-refractivity contribution in [3.63, 3.8) is 0 Å². The third-order valence-electron chi connectivity index (χ3n) is 4.17. The smallest absolute Gasteiger partial charge is 0.191 e. The molecule has 0 saturated heterocycles. The molecule has 1 aliphatic heterocycles. The lowest BCUT2D eigenvalue weighted by atomic mass is 9.86. The molecule has 1 aliphatic rings. The van der Waals surface area contributed by atoms with Crippen molar-refractivity contribution in [2.24, 2.45) is 4.99 Å². The molecule has 0 bridgehead atoms. The standard InChI is InChI=1S/C19H31N3/c1-13-11-14(2)21-18(20-13)22-15(3)12-16-7-9-17(10-8-16)19(4,5)6/h7-10,13-15H,11-12H2,1-6H3,(H2,20,21,22). The van der Waals surface area contributed by atoms with Crippen molar-refractivity contribution in [1.29, 1.82) is 0 Å². The van der Waals surface area contributed by atoms with Crippen LogP contribution in [0.4, 0.5) is 0 Å². The van der Waals surface area contributed by atoms with Crippen LogP contribution < -0.4 is 10.6 Å². The molecule has 3 atom stereocenters. The molecule has 0 radical (unpaired) electrons. The van der Waals surface area contributed by atoms with Gasteiger partial charge in [0.15, 0.2) is 5.96 Å². The van der Waals surface area contributed by atoms with Crippen molar-refractivity contribution >= 4 is 5.96 Å². The molecule has 2 rings (SSSR count). The van der Waals surface area contributed by atoms with E-state index in [1.165, 1.54) is 11.1 Å². The van der Waals surface area contributed by atoms with Crippen molar-refractivity contribution in [2.45, 2.75) is 77.9 Å². The predicted molar refractivity (Wildman–Crippen MR) is 95.6 cm³/mol. The van der Waals surface area contributed by atoms with Crippen molar-refractivity contribution < 1.29 is 0 Å². The molecular formula is C19H31N3. The van der Waals surface area contributed by atoms with Crippen LogP contribution in [0.3, 0.4) is 0 Å². The second kappa shape index (κ2) is 6.72. The summed E-state index contributed by atoms with van der Waals surface area (Å²) in [5, 5.41) is 6.94. The third kappa shape index (κ3) is 4.75. The van der Waals surface area contributed by atoms with Gasteiger partial charge >= 0.3 is 0 Å².